The highest BCUT2D eigenvalue weighted by atomic mass is 16.4. The van der Waals surface area contributed by atoms with Crippen molar-refractivity contribution in [3.63, 3.8) is 0 Å². The van der Waals surface area contributed by atoms with E-state index in [1.165, 1.54) is 6.42 Å². The van der Waals surface area contributed by atoms with Crippen LogP contribution in [-0.4, -0.2) is 35.6 Å². The van der Waals surface area contributed by atoms with Gasteiger partial charge in [-0.25, -0.2) is 0 Å². The second-order valence-electron chi connectivity index (χ2n) is 6.27. The van der Waals surface area contributed by atoms with Gasteiger partial charge >= 0.3 is 5.97 Å². The van der Waals surface area contributed by atoms with E-state index >= 15 is 0 Å². The van der Waals surface area contributed by atoms with Gasteiger partial charge in [0, 0.05) is 18.6 Å². The Labute approximate surface area is 113 Å². The van der Waals surface area contributed by atoms with Gasteiger partial charge < -0.3 is 15.7 Å². The first kappa shape index (κ1) is 12.9. The minimum Gasteiger partial charge on any atom is -0.481 e. The zero-order chi connectivity index (χ0) is 13.4. The summed E-state index contributed by atoms with van der Waals surface area (Å²) in [5, 5.41) is 15.6. The van der Waals surface area contributed by atoms with Crippen molar-refractivity contribution in [2.24, 2.45) is 17.8 Å². The fraction of sp³-hybridized carbons (Fsp3) is 0.857. The maximum absolute atomic E-state index is 12.2. The van der Waals surface area contributed by atoms with Crippen molar-refractivity contribution in [3.05, 3.63) is 0 Å². The smallest absolute Gasteiger partial charge is 0.306 e. The number of hydrogen-bond acceptors (Lipinski definition) is 3. The Morgan fingerprint density at radius 2 is 2.00 bits per heavy atom. The summed E-state index contributed by atoms with van der Waals surface area (Å²) < 4.78 is 0. The van der Waals surface area contributed by atoms with Crippen molar-refractivity contribution in [1.29, 1.82) is 0 Å². The molecule has 5 nitrogen and oxygen atoms in total. The molecule has 3 aliphatic rings. The normalized spacial score (nSPS) is 40.5. The summed E-state index contributed by atoms with van der Waals surface area (Å²) in [5.41, 5.74) is 0. The average Bonchev–Trinajstić information content (AvgIpc) is 3.10. The van der Waals surface area contributed by atoms with E-state index in [0.29, 0.717) is 18.6 Å². The fourth-order valence-corrected chi connectivity index (χ4v) is 4.08. The summed E-state index contributed by atoms with van der Waals surface area (Å²) in [7, 11) is 0. The van der Waals surface area contributed by atoms with E-state index in [2.05, 4.69) is 10.6 Å². The fourth-order valence-electron chi connectivity index (χ4n) is 4.08. The predicted molar refractivity (Wildman–Crippen MR) is 69.5 cm³/mol. The molecule has 0 aromatic rings. The predicted octanol–water partition coefficient (Wildman–Crippen LogP) is 0.744. The lowest BCUT2D eigenvalue weighted by molar-refractivity contribution is -0.143. The standard InChI is InChI=1S/C14H22N2O3/c17-13(11-6-9-4-5-12(11)16-9)15-7-8-2-1-3-10(8)14(18)19/h8-12,16H,1-7H2,(H,15,17)(H,18,19). The van der Waals surface area contributed by atoms with Crippen LogP contribution in [0.1, 0.15) is 38.5 Å². The first-order valence-corrected chi connectivity index (χ1v) is 7.41. The summed E-state index contributed by atoms with van der Waals surface area (Å²) in [5.74, 6) is -0.635. The van der Waals surface area contributed by atoms with Crippen molar-refractivity contribution in [3.8, 4) is 0 Å². The van der Waals surface area contributed by atoms with E-state index < -0.39 is 5.97 Å². The van der Waals surface area contributed by atoms with Crippen LogP contribution in [0.4, 0.5) is 0 Å². The number of carbonyl (C=O) groups excluding carboxylic acids is 1. The molecular weight excluding hydrogens is 244 g/mol. The molecule has 0 radical (unpaired) electrons. The number of carboxylic acid groups (broad SMARTS) is 1. The summed E-state index contributed by atoms with van der Waals surface area (Å²) in [6, 6.07) is 0.878. The molecule has 2 heterocycles. The largest absolute Gasteiger partial charge is 0.481 e. The zero-order valence-corrected chi connectivity index (χ0v) is 11.1. The lowest BCUT2D eigenvalue weighted by Crippen LogP contribution is -2.40. The number of fused-ring (bicyclic) bond motifs is 2. The van der Waals surface area contributed by atoms with Crippen LogP contribution in [-0.2, 0) is 9.59 Å². The Kier molecular flexibility index (Phi) is 3.48. The molecule has 2 aliphatic heterocycles. The number of carbonyl (C=O) groups is 2. The highest BCUT2D eigenvalue weighted by molar-refractivity contribution is 5.80. The molecule has 2 bridgehead atoms. The third-order valence-electron chi connectivity index (χ3n) is 5.15. The van der Waals surface area contributed by atoms with E-state index in [1.807, 2.05) is 0 Å². The van der Waals surface area contributed by atoms with Gasteiger partial charge in [-0.05, 0) is 38.0 Å². The van der Waals surface area contributed by atoms with Crippen LogP contribution in [0.15, 0.2) is 0 Å². The van der Waals surface area contributed by atoms with Gasteiger partial charge in [0.2, 0.25) is 5.91 Å². The Hall–Kier alpha value is -1.10. The summed E-state index contributed by atoms with van der Waals surface area (Å²) in [4.78, 5) is 23.3. The van der Waals surface area contributed by atoms with Crippen LogP contribution in [0.5, 0.6) is 0 Å². The van der Waals surface area contributed by atoms with E-state index in [1.54, 1.807) is 0 Å². The minimum absolute atomic E-state index is 0.100. The third kappa shape index (κ3) is 2.48. The molecule has 0 spiro atoms. The second kappa shape index (κ2) is 5.12. The van der Waals surface area contributed by atoms with Crippen LogP contribution in [0.25, 0.3) is 0 Å². The van der Waals surface area contributed by atoms with Crippen LogP contribution >= 0.6 is 0 Å². The van der Waals surface area contributed by atoms with Crippen LogP contribution in [0.2, 0.25) is 0 Å². The Balaban J connectivity index is 1.49. The molecule has 5 heteroatoms. The molecule has 106 valence electrons. The number of aliphatic carboxylic acids is 1. The van der Waals surface area contributed by atoms with Crippen molar-refractivity contribution in [2.45, 2.75) is 50.6 Å². The molecule has 2 saturated heterocycles. The van der Waals surface area contributed by atoms with E-state index in [4.69, 9.17) is 5.11 Å². The Morgan fingerprint density at radius 1 is 1.16 bits per heavy atom. The van der Waals surface area contributed by atoms with Gasteiger partial charge in [0.05, 0.1) is 11.8 Å². The molecule has 0 aromatic carbocycles. The monoisotopic (exact) mass is 266 g/mol. The number of amides is 1. The lowest BCUT2D eigenvalue weighted by Gasteiger charge is -2.22. The van der Waals surface area contributed by atoms with Crippen molar-refractivity contribution >= 4 is 11.9 Å². The molecule has 5 unspecified atom stereocenters. The molecule has 19 heavy (non-hydrogen) atoms. The molecule has 1 amide bonds. The van der Waals surface area contributed by atoms with Gasteiger partial charge in [-0.15, -0.1) is 0 Å². The molecule has 1 aliphatic carbocycles. The number of carboxylic acids is 1. The van der Waals surface area contributed by atoms with Crippen LogP contribution in [0, 0.1) is 17.8 Å². The van der Waals surface area contributed by atoms with Crippen molar-refractivity contribution in [1.82, 2.24) is 10.6 Å². The number of rotatable bonds is 4. The number of nitrogens with one attached hydrogen (secondary N) is 2. The maximum atomic E-state index is 12.2. The molecule has 3 N–H and O–H groups in total. The van der Waals surface area contributed by atoms with Gasteiger partial charge in [-0.3, -0.25) is 9.59 Å². The highest BCUT2D eigenvalue weighted by Crippen LogP contribution is 2.34. The molecule has 3 fully saturated rings. The summed E-state index contributed by atoms with van der Waals surface area (Å²) in [6.45, 7) is 0.531. The van der Waals surface area contributed by atoms with E-state index in [-0.39, 0.29) is 23.7 Å². The van der Waals surface area contributed by atoms with Crippen molar-refractivity contribution < 1.29 is 14.7 Å². The molecular formula is C14H22N2O3. The van der Waals surface area contributed by atoms with E-state index in [0.717, 1.165) is 32.1 Å². The highest BCUT2D eigenvalue weighted by Gasteiger charge is 2.43. The first-order valence-electron chi connectivity index (χ1n) is 7.41. The third-order valence-corrected chi connectivity index (χ3v) is 5.15. The van der Waals surface area contributed by atoms with Crippen molar-refractivity contribution in [2.75, 3.05) is 6.54 Å². The molecule has 3 rings (SSSR count). The van der Waals surface area contributed by atoms with E-state index in [9.17, 15) is 9.59 Å². The van der Waals surface area contributed by atoms with Crippen LogP contribution in [0.3, 0.4) is 0 Å². The van der Waals surface area contributed by atoms with Gasteiger partial charge in [0.25, 0.3) is 0 Å². The Bertz CT molecular complexity index is 385. The molecule has 1 saturated carbocycles. The average molecular weight is 266 g/mol. The van der Waals surface area contributed by atoms with Gasteiger partial charge in [-0.2, -0.15) is 0 Å². The zero-order valence-electron chi connectivity index (χ0n) is 11.1. The quantitative estimate of drug-likeness (QED) is 0.701. The SMILES string of the molecule is O=C(O)C1CCCC1CNC(=O)C1CC2CCC1N2. The molecule has 5 atom stereocenters. The second-order valence-corrected chi connectivity index (χ2v) is 6.27. The first-order chi connectivity index (χ1) is 9.15. The van der Waals surface area contributed by atoms with Gasteiger partial charge in [0.1, 0.15) is 0 Å². The summed E-state index contributed by atoms with van der Waals surface area (Å²) >= 11 is 0. The maximum Gasteiger partial charge on any atom is 0.306 e. The topological polar surface area (TPSA) is 78.4 Å². The van der Waals surface area contributed by atoms with Gasteiger partial charge in [-0.1, -0.05) is 6.42 Å². The van der Waals surface area contributed by atoms with Crippen LogP contribution < -0.4 is 10.6 Å². The summed E-state index contributed by atoms with van der Waals surface area (Å²) in [6.07, 6.45) is 5.89. The molecule has 0 aromatic heterocycles. The number of hydrogen-bond donors (Lipinski definition) is 3. The minimum atomic E-state index is -0.710. The van der Waals surface area contributed by atoms with Gasteiger partial charge in [0.15, 0.2) is 0 Å². The lowest BCUT2D eigenvalue weighted by atomic mass is 9.88. The Morgan fingerprint density at radius 3 is 2.63 bits per heavy atom.